The normalized spacial score (nSPS) is 11.6. The van der Waals surface area contributed by atoms with Gasteiger partial charge in [0.25, 0.3) is 5.91 Å². The third kappa shape index (κ3) is 5.97. The van der Waals surface area contributed by atoms with Crippen LogP contribution in [-0.4, -0.2) is 35.4 Å². The van der Waals surface area contributed by atoms with Crippen molar-refractivity contribution in [2.75, 3.05) is 13.2 Å². The Hall–Kier alpha value is -3.55. The van der Waals surface area contributed by atoms with Gasteiger partial charge in [-0.15, -0.1) is 10.2 Å². The van der Waals surface area contributed by atoms with Gasteiger partial charge >= 0.3 is 0 Å². The molecule has 150 valence electrons. The fourth-order valence-electron chi connectivity index (χ4n) is 2.42. The Bertz CT molecular complexity index is 933. The van der Waals surface area contributed by atoms with Crippen molar-refractivity contribution < 1.29 is 23.0 Å². The van der Waals surface area contributed by atoms with Crippen LogP contribution in [0.1, 0.15) is 6.92 Å². The highest BCUT2D eigenvalue weighted by molar-refractivity contribution is 5.80. The zero-order valence-corrected chi connectivity index (χ0v) is 15.6. The van der Waals surface area contributed by atoms with Gasteiger partial charge in [-0.05, 0) is 61.5 Å². The van der Waals surface area contributed by atoms with Gasteiger partial charge in [-0.3, -0.25) is 4.79 Å². The van der Waals surface area contributed by atoms with E-state index >= 15 is 0 Å². The van der Waals surface area contributed by atoms with Crippen LogP contribution in [0, 0.1) is 11.6 Å². The van der Waals surface area contributed by atoms with Crippen molar-refractivity contribution in [2.24, 2.45) is 0 Å². The molecule has 0 saturated heterocycles. The fraction of sp³-hybridized carbons (Fsp3) is 0.190. The summed E-state index contributed by atoms with van der Waals surface area (Å²) in [6.45, 7) is 2.04. The topological polar surface area (TPSA) is 73.3 Å². The molecule has 1 N–H and O–H groups in total. The molecule has 0 aliphatic carbocycles. The van der Waals surface area contributed by atoms with E-state index in [1.807, 2.05) is 0 Å². The number of nitrogens with zero attached hydrogens (tertiary/aromatic N) is 2. The number of benzene rings is 2. The van der Waals surface area contributed by atoms with E-state index in [4.69, 9.17) is 9.47 Å². The third-order valence-electron chi connectivity index (χ3n) is 3.93. The summed E-state index contributed by atoms with van der Waals surface area (Å²) in [5, 5.41) is 10.7. The summed E-state index contributed by atoms with van der Waals surface area (Å²) in [6.07, 6.45) is -0.741. The number of carbonyl (C=O) groups excluding carboxylic acids is 1. The second kappa shape index (κ2) is 9.59. The SMILES string of the molecule is CC(Oc1ccc(F)cc1)C(=O)NCCOc1ccc(-c2ccc(F)cc2)nn1. The molecule has 1 atom stereocenters. The number of hydrogen-bond acceptors (Lipinski definition) is 5. The second-order valence-electron chi connectivity index (χ2n) is 6.12. The number of nitrogens with one attached hydrogen (secondary N) is 1. The molecule has 8 heteroatoms. The van der Waals surface area contributed by atoms with Gasteiger partial charge in [0.05, 0.1) is 12.2 Å². The average molecular weight is 399 g/mol. The number of hydrogen-bond donors (Lipinski definition) is 1. The van der Waals surface area contributed by atoms with Crippen LogP contribution in [0.4, 0.5) is 8.78 Å². The lowest BCUT2D eigenvalue weighted by atomic mass is 10.1. The Kier molecular flexibility index (Phi) is 6.67. The molecule has 0 saturated carbocycles. The molecule has 0 aliphatic rings. The molecule has 1 unspecified atom stereocenters. The van der Waals surface area contributed by atoms with E-state index in [1.54, 1.807) is 31.2 Å². The van der Waals surface area contributed by atoms with E-state index in [0.717, 1.165) is 5.56 Å². The van der Waals surface area contributed by atoms with Crippen molar-refractivity contribution >= 4 is 5.91 Å². The van der Waals surface area contributed by atoms with Crippen molar-refractivity contribution in [3.05, 3.63) is 72.3 Å². The van der Waals surface area contributed by atoms with E-state index in [0.29, 0.717) is 17.3 Å². The molecular formula is C21H19F2N3O3. The first-order valence-electron chi connectivity index (χ1n) is 8.93. The lowest BCUT2D eigenvalue weighted by Crippen LogP contribution is -2.38. The van der Waals surface area contributed by atoms with Gasteiger partial charge in [-0.2, -0.15) is 0 Å². The number of aromatic nitrogens is 2. The maximum absolute atomic E-state index is 13.0. The van der Waals surface area contributed by atoms with Crippen LogP contribution in [0.15, 0.2) is 60.7 Å². The van der Waals surface area contributed by atoms with Crippen molar-refractivity contribution in [1.82, 2.24) is 15.5 Å². The van der Waals surface area contributed by atoms with Crippen LogP contribution in [0.5, 0.6) is 11.6 Å². The van der Waals surface area contributed by atoms with E-state index < -0.39 is 6.10 Å². The zero-order chi connectivity index (χ0) is 20.6. The molecule has 1 aromatic heterocycles. The lowest BCUT2D eigenvalue weighted by molar-refractivity contribution is -0.127. The minimum atomic E-state index is -0.741. The Labute approximate surface area is 166 Å². The van der Waals surface area contributed by atoms with Gasteiger partial charge in [-0.25, -0.2) is 8.78 Å². The van der Waals surface area contributed by atoms with Gasteiger partial charge in [0.1, 0.15) is 24.0 Å². The molecule has 6 nitrogen and oxygen atoms in total. The molecule has 0 fully saturated rings. The fourth-order valence-corrected chi connectivity index (χ4v) is 2.42. The predicted molar refractivity (Wildman–Crippen MR) is 102 cm³/mol. The molecule has 2 aromatic carbocycles. The number of halogens is 2. The molecule has 1 amide bonds. The van der Waals surface area contributed by atoms with Gasteiger partial charge in [0, 0.05) is 11.6 Å². The monoisotopic (exact) mass is 399 g/mol. The largest absolute Gasteiger partial charge is 0.481 e. The molecule has 0 radical (unpaired) electrons. The molecule has 1 heterocycles. The summed E-state index contributed by atoms with van der Waals surface area (Å²) >= 11 is 0. The summed E-state index contributed by atoms with van der Waals surface area (Å²) < 4.78 is 36.7. The summed E-state index contributed by atoms with van der Waals surface area (Å²) in [6, 6.07) is 14.7. The summed E-state index contributed by atoms with van der Waals surface area (Å²) in [5.41, 5.74) is 1.34. The Morgan fingerprint density at radius 2 is 1.62 bits per heavy atom. The van der Waals surface area contributed by atoms with Crippen LogP contribution in [-0.2, 0) is 4.79 Å². The van der Waals surface area contributed by atoms with Crippen molar-refractivity contribution in [3.8, 4) is 22.9 Å². The molecule has 0 spiro atoms. The minimum absolute atomic E-state index is 0.194. The number of carbonyl (C=O) groups is 1. The van der Waals surface area contributed by atoms with Crippen LogP contribution in [0.2, 0.25) is 0 Å². The molecule has 0 aliphatic heterocycles. The van der Waals surface area contributed by atoms with E-state index in [9.17, 15) is 13.6 Å². The van der Waals surface area contributed by atoms with E-state index in [2.05, 4.69) is 15.5 Å². The standard InChI is InChI=1S/C21H19F2N3O3/c1-14(29-18-8-6-17(23)7-9-18)21(27)24-12-13-28-20-11-10-19(25-26-20)15-2-4-16(22)5-3-15/h2-11,14H,12-13H2,1H3,(H,24,27). The third-order valence-corrected chi connectivity index (χ3v) is 3.93. The van der Waals surface area contributed by atoms with Gasteiger partial charge < -0.3 is 14.8 Å². The van der Waals surface area contributed by atoms with Gasteiger partial charge in [-0.1, -0.05) is 0 Å². The van der Waals surface area contributed by atoms with Crippen LogP contribution in [0.25, 0.3) is 11.3 Å². The van der Waals surface area contributed by atoms with E-state index in [-0.39, 0.29) is 30.7 Å². The number of ether oxygens (including phenoxy) is 2. The van der Waals surface area contributed by atoms with Gasteiger partial charge in [0.2, 0.25) is 5.88 Å². The Morgan fingerprint density at radius 3 is 2.24 bits per heavy atom. The van der Waals surface area contributed by atoms with Crippen LogP contribution >= 0.6 is 0 Å². The van der Waals surface area contributed by atoms with Crippen molar-refractivity contribution in [2.45, 2.75) is 13.0 Å². The first-order chi connectivity index (χ1) is 14.0. The highest BCUT2D eigenvalue weighted by Crippen LogP contribution is 2.18. The second-order valence-corrected chi connectivity index (χ2v) is 6.12. The molecule has 3 rings (SSSR count). The quantitative estimate of drug-likeness (QED) is 0.588. The Morgan fingerprint density at radius 1 is 0.966 bits per heavy atom. The molecular weight excluding hydrogens is 380 g/mol. The lowest BCUT2D eigenvalue weighted by Gasteiger charge is -2.14. The first kappa shape index (κ1) is 20.2. The van der Waals surface area contributed by atoms with Crippen molar-refractivity contribution in [1.29, 1.82) is 0 Å². The average Bonchev–Trinajstić information content (AvgIpc) is 2.74. The summed E-state index contributed by atoms with van der Waals surface area (Å²) in [4.78, 5) is 12.0. The molecule has 29 heavy (non-hydrogen) atoms. The minimum Gasteiger partial charge on any atom is -0.481 e. The van der Waals surface area contributed by atoms with Crippen LogP contribution < -0.4 is 14.8 Å². The number of rotatable bonds is 8. The summed E-state index contributed by atoms with van der Waals surface area (Å²) in [5.74, 6) is -0.306. The Balaban J connectivity index is 1.41. The summed E-state index contributed by atoms with van der Waals surface area (Å²) in [7, 11) is 0. The smallest absolute Gasteiger partial charge is 0.260 e. The maximum Gasteiger partial charge on any atom is 0.260 e. The molecule has 3 aromatic rings. The number of amides is 1. The highest BCUT2D eigenvalue weighted by Gasteiger charge is 2.14. The van der Waals surface area contributed by atoms with Crippen LogP contribution in [0.3, 0.4) is 0 Å². The molecule has 0 bridgehead atoms. The van der Waals surface area contributed by atoms with E-state index in [1.165, 1.54) is 36.4 Å². The highest BCUT2D eigenvalue weighted by atomic mass is 19.1. The first-order valence-corrected chi connectivity index (χ1v) is 8.93. The maximum atomic E-state index is 13.0. The van der Waals surface area contributed by atoms with Crippen molar-refractivity contribution in [3.63, 3.8) is 0 Å². The zero-order valence-electron chi connectivity index (χ0n) is 15.6. The predicted octanol–water partition coefficient (Wildman–Crippen LogP) is 3.38. The van der Waals surface area contributed by atoms with Gasteiger partial charge in [0.15, 0.2) is 6.10 Å².